The second-order valence-electron chi connectivity index (χ2n) is 7.65. The van der Waals surface area contributed by atoms with Crippen molar-refractivity contribution in [3.05, 3.63) is 23.8 Å². The molecule has 1 saturated heterocycles. The lowest BCUT2D eigenvalue weighted by Crippen LogP contribution is -2.31. The second kappa shape index (κ2) is 7.89. The van der Waals surface area contributed by atoms with Crippen LogP contribution in [0.5, 0.6) is 0 Å². The molecule has 0 spiro atoms. The Morgan fingerprint density at radius 2 is 1.88 bits per heavy atom. The van der Waals surface area contributed by atoms with E-state index in [1.807, 2.05) is 18.2 Å². The number of carbonyl (C=O) groups excluding carboxylic acids is 2. The minimum atomic E-state index is -0.0599. The Morgan fingerprint density at radius 1 is 1.16 bits per heavy atom. The summed E-state index contributed by atoms with van der Waals surface area (Å²) in [4.78, 5) is 27.2. The molecule has 1 aliphatic carbocycles. The molecule has 0 bridgehead atoms. The zero-order valence-corrected chi connectivity index (χ0v) is 15.3. The van der Waals surface area contributed by atoms with E-state index in [-0.39, 0.29) is 17.7 Å². The Labute approximate surface area is 150 Å². The fourth-order valence-electron chi connectivity index (χ4n) is 3.34. The summed E-state index contributed by atoms with van der Waals surface area (Å²) in [5.41, 5.74) is 2.35. The molecule has 136 valence electrons. The van der Waals surface area contributed by atoms with Gasteiger partial charge in [-0.25, -0.2) is 0 Å². The summed E-state index contributed by atoms with van der Waals surface area (Å²) in [7, 11) is 0. The lowest BCUT2D eigenvalue weighted by Gasteiger charge is -2.25. The van der Waals surface area contributed by atoms with E-state index >= 15 is 0 Å². The van der Waals surface area contributed by atoms with Crippen molar-refractivity contribution in [3.8, 4) is 0 Å². The number of benzene rings is 1. The van der Waals surface area contributed by atoms with Crippen molar-refractivity contribution in [1.29, 1.82) is 0 Å². The largest absolute Gasteiger partial charge is 0.371 e. The maximum atomic E-state index is 12.7. The van der Waals surface area contributed by atoms with E-state index in [4.69, 9.17) is 0 Å². The third-order valence-electron chi connectivity index (χ3n) is 5.10. The van der Waals surface area contributed by atoms with Gasteiger partial charge in [-0.15, -0.1) is 0 Å². The normalized spacial score (nSPS) is 17.5. The lowest BCUT2D eigenvalue weighted by atomic mass is 9.85. The van der Waals surface area contributed by atoms with Crippen molar-refractivity contribution in [2.24, 2.45) is 11.8 Å². The molecule has 1 heterocycles. The Hall–Kier alpha value is -2.04. The van der Waals surface area contributed by atoms with E-state index in [1.165, 1.54) is 0 Å². The predicted molar refractivity (Wildman–Crippen MR) is 101 cm³/mol. The van der Waals surface area contributed by atoms with Gasteiger partial charge in [0.25, 0.3) is 5.91 Å². The summed E-state index contributed by atoms with van der Waals surface area (Å²) in [5.74, 6) is 0.557. The van der Waals surface area contributed by atoms with E-state index in [2.05, 4.69) is 29.4 Å². The molecule has 0 atom stereocenters. The van der Waals surface area contributed by atoms with E-state index in [1.54, 1.807) is 0 Å². The Bertz CT molecular complexity index is 632. The number of hydrogen-bond donors (Lipinski definition) is 2. The molecular weight excluding hydrogens is 314 g/mol. The van der Waals surface area contributed by atoms with Gasteiger partial charge in [-0.05, 0) is 49.8 Å². The third kappa shape index (κ3) is 4.33. The van der Waals surface area contributed by atoms with Crippen LogP contribution in [0.2, 0.25) is 0 Å². The highest BCUT2D eigenvalue weighted by Gasteiger charge is 2.26. The SMILES string of the molecule is CC(C)CNC(=O)c1cc(NC(=O)C2CCC2)ccc1N1CCCC1. The van der Waals surface area contributed by atoms with Gasteiger partial charge in [0.05, 0.1) is 5.56 Å². The molecule has 1 saturated carbocycles. The molecular formula is C20H29N3O2. The van der Waals surface area contributed by atoms with Gasteiger partial charge in [-0.3, -0.25) is 9.59 Å². The van der Waals surface area contributed by atoms with E-state index in [9.17, 15) is 9.59 Å². The van der Waals surface area contributed by atoms with Crippen molar-refractivity contribution in [2.45, 2.75) is 46.0 Å². The van der Waals surface area contributed by atoms with Crippen molar-refractivity contribution in [3.63, 3.8) is 0 Å². The highest BCUT2D eigenvalue weighted by atomic mass is 16.2. The molecule has 0 radical (unpaired) electrons. The van der Waals surface area contributed by atoms with Crippen LogP contribution in [0.4, 0.5) is 11.4 Å². The van der Waals surface area contributed by atoms with Gasteiger partial charge in [0.2, 0.25) is 5.91 Å². The summed E-state index contributed by atoms with van der Waals surface area (Å²) in [6, 6.07) is 5.73. The van der Waals surface area contributed by atoms with Crippen LogP contribution in [0.25, 0.3) is 0 Å². The molecule has 1 aliphatic heterocycles. The first-order valence-corrected chi connectivity index (χ1v) is 9.52. The lowest BCUT2D eigenvalue weighted by molar-refractivity contribution is -0.122. The minimum absolute atomic E-state index is 0.0599. The molecule has 2 amide bonds. The van der Waals surface area contributed by atoms with E-state index in [0.717, 1.165) is 56.6 Å². The highest BCUT2D eigenvalue weighted by Crippen LogP contribution is 2.30. The summed E-state index contributed by atoms with van der Waals surface area (Å²) in [5, 5.41) is 5.99. The van der Waals surface area contributed by atoms with Gasteiger partial charge in [-0.2, -0.15) is 0 Å². The quantitative estimate of drug-likeness (QED) is 0.832. The molecule has 0 aromatic heterocycles. The van der Waals surface area contributed by atoms with Gasteiger partial charge in [0, 0.05) is 36.9 Å². The highest BCUT2D eigenvalue weighted by molar-refractivity contribution is 6.02. The number of anilines is 2. The first-order valence-electron chi connectivity index (χ1n) is 9.52. The molecule has 1 aromatic carbocycles. The van der Waals surface area contributed by atoms with Crippen molar-refractivity contribution < 1.29 is 9.59 Å². The number of carbonyl (C=O) groups is 2. The predicted octanol–water partition coefficient (Wildman–Crippen LogP) is 3.41. The van der Waals surface area contributed by atoms with Crippen LogP contribution >= 0.6 is 0 Å². The van der Waals surface area contributed by atoms with E-state index < -0.39 is 0 Å². The fourth-order valence-corrected chi connectivity index (χ4v) is 3.34. The smallest absolute Gasteiger partial charge is 0.253 e. The van der Waals surface area contributed by atoms with Gasteiger partial charge in [0.1, 0.15) is 0 Å². The first kappa shape index (κ1) is 17.8. The molecule has 5 heteroatoms. The molecule has 2 aliphatic rings. The van der Waals surface area contributed by atoms with Crippen molar-refractivity contribution in [2.75, 3.05) is 29.9 Å². The number of amides is 2. The summed E-state index contributed by atoms with van der Waals surface area (Å²) in [6.07, 6.45) is 5.40. The van der Waals surface area contributed by atoms with Crippen LogP contribution in [0.3, 0.4) is 0 Å². The monoisotopic (exact) mass is 343 g/mol. The van der Waals surface area contributed by atoms with E-state index in [0.29, 0.717) is 18.0 Å². The molecule has 25 heavy (non-hydrogen) atoms. The van der Waals surface area contributed by atoms with Crippen LogP contribution in [0.15, 0.2) is 18.2 Å². The number of nitrogens with zero attached hydrogens (tertiary/aromatic N) is 1. The Morgan fingerprint density at radius 3 is 2.48 bits per heavy atom. The molecule has 1 aromatic rings. The zero-order valence-electron chi connectivity index (χ0n) is 15.3. The van der Waals surface area contributed by atoms with Crippen LogP contribution in [0, 0.1) is 11.8 Å². The summed E-state index contributed by atoms with van der Waals surface area (Å²) < 4.78 is 0. The molecule has 5 nitrogen and oxygen atoms in total. The molecule has 3 rings (SSSR count). The van der Waals surface area contributed by atoms with Gasteiger partial charge in [0.15, 0.2) is 0 Å². The van der Waals surface area contributed by atoms with Crippen LogP contribution in [-0.4, -0.2) is 31.4 Å². The average molecular weight is 343 g/mol. The summed E-state index contributed by atoms with van der Waals surface area (Å²) in [6.45, 7) is 6.78. The molecule has 0 unspecified atom stereocenters. The second-order valence-corrected chi connectivity index (χ2v) is 7.65. The Kier molecular flexibility index (Phi) is 5.61. The standard InChI is InChI=1S/C20H29N3O2/c1-14(2)13-21-20(25)17-12-16(22-19(24)15-6-5-7-15)8-9-18(17)23-10-3-4-11-23/h8-9,12,14-15H,3-7,10-11,13H2,1-2H3,(H,21,25)(H,22,24). The Balaban J connectivity index is 1.79. The number of nitrogens with one attached hydrogen (secondary N) is 2. The average Bonchev–Trinajstić information content (AvgIpc) is 3.05. The maximum absolute atomic E-state index is 12.7. The minimum Gasteiger partial charge on any atom is -0.371 e. The van der Waals surface area contributed by atoms with Gasteiger partial charge < -0.3 is 15.5 Å². The first-order chi connectivity index (χ1) is 12.0. The van der Waals surface area contributed by atoms with Gasteiger partial charge >= 0.3 is 0 Å². The molecule has 2 fully saturated rings. The third-order valence-corrected chi connectivity index (χ3v) is 5.10. The van der Waals surface area contributed by atoms with Crippen molar-refractivity contribution >= 4 is 23.2 Å². The maximum Gasteiger partial charge on any atom is 0.253 e. The number of rotatable bonds is 6. The fraction of sp³-hybridized carbons (Fsp3) is 0.600. The van der Waals surface area contributed by atoms with Gasteiger partial charge in [-0.1, -0.05) is 20.3 Å². The summed E-state index contributed by atoms with van der Waals surface area (Å²) >= 11 is 0. The van der Waals surface area contributed by atoms with Crippen LogP contribution in [-0.2, 0) is 4.79 Å². The topological polar surface area (TPSA) is 61.4 Å². The molecule has 2 N–H and O–H groups in total. The van der Waals surface area contributed by atoms with Crippen molar-refractivity contribution in [1.82, 2.24) is 5.32 Å². The number of hydrogen-bond acceptors (Lipinski definition) is 3. The van der Waals surface area contributed by atoms with Crippen LogP contribution in [0.1, 0.15) is 56.3 Å². The van der Waals surface area contributed by atoms with Crippen LogP contribution < -0.4 is 15.5 Å². The zero-order chi connectivity index (χ0) is 17.8.